The molecule has 0 aromatic heterocycles. The summed E-state index contributed by atoms with van der Waals surface area (Å²) in [5, 5.41) is 9.90. The Kier molecular flexibility index (Phi) is 41.1. The summed E-state index contributed by atoms with van der Waals surface area (Å²) >= 11 is 0. The van der Waals surface area contributed by atoms with Crippen molar-refractivity contribution >= 4 is 11.9 Å². The van der Waals surface area contributed by atoms with Crippen molar-refractivity contribution < 1.29 is 24.2 Å². The molecule has 1 heterocycles. The first kappa shape index (κ1) is 55.8. The van der Waals surface area contributed by atoms with Gasteiger partial charge in [-0.25, -0.2) is 0 Å². The summed E-state index contributed by atoms with van der Waals surface area (Å²) in [5.74, 6) is 0.0239. The highest BCUT2D eigenvalue weighted by Gasteiger charge is 2.17. The average molecular weight is 835 g/mol. The van der Waals surface area contributed by atoms with Crippen LogP contribution in [0.25, 0.3) is 0 Å². The zero-order valence-electron chi connectivity index (χ0n) is 39.9. The zero-order valence-corrected chi connectivity index (χ0v) is 39.9. The molecule has 0 atom stereocenters. The highest BCUT2D eigenvalue weighted by atomic mass is 16.5. The van der Waals surface area contributed by atoms with Gasteiger partial charge in [0.1, 0.15) is 6.10 Å². The number of aliphatic hydroxyl groups is 1. The van der Waals surface area contributed by atoms with Gasteiger partial charge in [0, 0.05) is 25.9 Å². The Morgan fingerprint density at radius 2 is 0.898 bits per heavy atom. The van der Waals surface area contributed by atoms with E-state index in [1.54, 1.807) is 0 Å². The molecule has 7 heteroatoms. The smallest absolute Gasteiger partial charge is 0.306 e. The monoisotopic (exact) mass is 835 g/mol. The normalized spacial score (nSPS) is 13.9. The summed E-state index contributed by atoms with van der Waals surface area (Å²) in [6.45, 7) is 14.0. The van der Waals surface area contributed by atoms with Crippen molar-refractivity contribution in [3.05, 3.63) is 0 Å². The Balaban J connectivity index is 2.27. The molecule has 0 amide bonds. The van der Waals surface area contributed by atoms with Gasteiger partial charge in [0.15, 0.2) is 0 Å². The van der Waals surface area contributed by atoms with Gasteiger partial charge < -0.3 is 24.4 Å². The Bertz CT molecular complexity index is 878. The van der Waals surface area contributed by atoms with E-state index in [0.29, 0.717) is 19.4 Å². The van der Waals surface area contributed by atoms with Crippen molar-refractivity contribution in [1.29, 1.82) is 0 Å². The second-order valence-electron chi connectivity index (χ2n) is 18.6. The molecule has 59 heavy (non-hydrogen) atoms. The van der Waals surface area contributed by atoms with Crippen LogP contribution in [0.4, 0.5) is 0 Å². The molecule has 1 aliphatic heterocycles. The number of ether oxygens (including phenoxy) is 2. The lowest BCUT2D eigenvalue weighted by Gasteiger charge is -2.30. The first-order valence-electron chi connectivity index (χ1n) is 26.5. The van der Waals surface area contributed by atoms with E-state index >= 15 is 0 Å². The summed E-state index contributed by atoms with van der Waals surface area (Å²) in [6.07, 6.45) is 44.7. The predicted molar refractivity (Wildman–Crippen MR) is 252 cm³/mol. The van der Waals surface area contributed by atoms with Crippen LogP contribution in [-0.2, 0) is 19.1 Å². The lowest BCUT2D eigenvalue weighted by molar-refractivity contribution is -0.150. The van der Waals surface area contributed by atoms with Crippen LogP contribution in [0.5, 0.6) is 0 Å². The molecule has 1 saturated heterocycles. The summed E-state index contributed by atoms with van der Waals surface area (Å²) in [6, 6.07) is 0. The Morgan fingerprint density at radius 1 is 0.508 bits per heavy atom. The van der Waals surface area contributed by atoms with Gasteiger partial charge in [-0.2, -0.15) is 0 Å². The number of hydrogen-bond acceptors (Lipinski definition) is 7. The van der Waals surface area contributed by atoms with Crippen LogP contribution in [0, 0.1) is 0 Å². The van der Waals surface area contributed by atoms with Crippen LogP contribution in [0.2, 0.25) is 0 Å². The largest absolute Gasteiger partial charge is 0.466 e. The number of unbranched alkanes of at least 4 members (excludes halogenated alkanes) is 26. The molecule has 1 fully saturated rings. The van der Waals surface area contributed by atoms with E-state index in [1.165, 1.54) is 173 Å². The summed E-state index contributed by atoms with van der Waals surface area (Å²) in [5.41, 5.74) is 0. The number of nitrogens with zero attached hydrogens (tertiary/aromatic N) is 2. The van der Waals surface area contributed by atoms with E-state index in [4.69, 9.17) is 9.47 Å². The van der Waals surface area contributed by atoms with Crippen molar-refractivity contribution in [2.24, 2.45) is 0 Å². The molecule has 0 aromatic rings. The number of aliphatic hydroxyl groups excluding tert-OH is 1. The highest BCUT2D eigenvalue weighted by Crippen LogP contribution is 2.19. The lowest BCUT2D eigenvalue weighted by atomic mass is 10.0. The molecule has 0 bridgehead atoms. The number of esters is 2. The van der Waals surface area contributed by atoms with Crippen molar-refractivity contribution in [2.45, 2.75) is 277 Å². The quantitative estimate of drug-likeness (QED) is 0.0483. The number of likely N-dealkylation sites (tertiary alicyclic amines) is 1. The fourth-order valence-electron chi connectivity index (χ4n) is 8.75. The Morgan fingerprint density at radius 3 is 1.39 bits per heavy atom. The standard InChI is InChI=1S/C52H102N2O5/c1-4-7-10-13-16-17-18-27-34-48-58-51(56)38-30-23-19-25-32-42-53(44-35-45-54-46-40-49(55)41-47-54)43-33-26-20-24-31-39-52(57)59-50(36-28-21-14-11-8-5-2)37-29-22-15-12-9-6-3/h49-50,55H,4-48H2,1-3H3. The first-order chi connectivity index (χ1) is 29.0. The number of hydrogen-bond donors (Lipinski definition) is 1. The molecule has 1 rings (SSSR count). The van der Waals surface area contributed by atoms with Crippen LogP contribution < -0.4 is 0 Å². The predicted octanol–water partition coefficient (Wildman–Crippen LogP) is 14.3. The maximum Gasteiger partial charge on any atom is 0.306 e. The minimum absolute atomic E-state index is 0.00914. The molecule has 0 aliphatic carbocycles. The van der Waals surface area contributed by atoms with Crippen LogP contribution >= 0.6 is 0 Å². The highest BCUT2D eigenvalue weighted by molar-refractivity contribution is 5.69. The second kappa shape index (κ2) is 43.5. The van der Waals surface area contributed by atoms with Gasteiger partial charge in [0.2, 0.25) is 0 Å². The Hall–Kier alpha value is -1.18. The van der Waals surface area contributed by atoms with E-state index in [2.05, 4.69) is 30.6 Å². The minimum Gasteiger partial charge on any atom is -0.466 e. The molecule has 1 N–H and O–H groups in total. The molecule has 0 aromatic carbocycles. The van der Waals surface area contributed by atoms with E-state index in [-0.39, 0.29) is 24.1 Å². The molecular weight excluding hydrogens is 733 g/mol. The minimum atomic E-state index is -0.106. The van der Waals surface area contributed by atoms with Gasteiger partial charge in [-0.3, -0.25) is 9.59 Å². The summed E-state index contributed by atoms with van der Waals surface area (Å²) in [7, 11) is 0. The number of rotatable bonds is 45. The Labute approximate surface area is 367 Å². The van der Waals surface area contributed by atoms with Gasteiger partial charge >= 0.3 is 11.9 Å². The molecule has 1 aliphatic rings. The van der Waals surface area contributed by atoms with Crippen LogP contribution in [0.1, 0.15) is 265 Å². The first-order valence-corrected chi connectivity index (χ1v) is 26.5. The molecule has 350 valence electrons. The fraction of sp³-hybridized carbons (Fsp3) is 0.962. The second-order valence-corrected chi connectivity index (χ2v) is 18.6. The van der Waals surface area contributed by atoms with Crippen LogP contribution in [0.3, 0.4) is 0 Å². The topological polar surface area (TPSA) is 79.3 Å². The van der Waals surface area contributed by atoms with E-state index < -0.39 is 0 Å². The van der Waals surface area contributed by atoms with Crippen LogP contribution in [0.15, 0.2) is 0 Å². The molecule has 0 saturated carbocycles. The molecule has 0 spiro atoms. The third-order valence-corrected chi connectivity index (χ3v) is 12.8. The van der Waals surface area contributed by atoms with Gasteiger partial charge in [-0.15, -0.1) is 0 Å². The maximum atomic E-state index is 12.9. The summed E-state index contributed by atoms with van der Waals surface area (Å²) < 4.78 is 11.6. The van der Waals surface area contributed by atoms with Gasteiger partial charge in [0.25, 0.3) is 0 Å². The number of carbonyl (C=O) groups excluding carboxylic acids is 2. The van der Waals surface area contributed by atoms with Gasteiger partial charge in [-0.1, -0.05) is 175 Å². The number of carbonyl (C=O) groups is 2. The SMILES string of the molecule is CCCCCCCCCCCOC(=O)CCCCCCCN(CCCCCCCC(=O)OC(CCCCCCCC)CCCCCCCC)CCCN1CCC(O)CC1. The third-order valence-electron chi connectivity index (χ3n) is 12.8. The molecule has 7 nitrogen and oxygen atoms in total. The van der Waals surface area contributed by atoms with Crippen molar-refractivity contribution in [3.63, 3.8) is 0 Å². The van der Waals surface area contributed by atoms with E-state index in [0.717, 1.165) is 97.1 Å². The maximum absolute atomic E-state index is 12.9. The fourth-order valence-corrected chi connectivity index (χ4v) is 8.75. The van der Waals surface area contributed by atoms with Gasteiger partial charge in [-0.05, 0) is 103 Å². The van der Waals surface area contributed by atoms with Crippen molar-refractivity contribution in [3.8, 4) is 0 Å². The zero-order chi connectivity index (χ0) is 42.7. The molecule has 0 unspecified atom stereocenters. The van der Waals surface area contributed by atoms with Crippen molar-refractivity contribution in [2.75, 3.05) is 45.9 Å². The number of piperidine rings is 1. The average Bonchev–Trinajstić information content (AvgIpc) is 3.23. The molecular formula is C52H102N2O5. The lowest BCUT2D eigenvalue weighted by Crippen LogP contribution is -2.38. The van der Waals surface area contributed by atoms with Crippen LogP contribution in [-0.4, -0.2) is 84.9 Å². The third kappa shape index (κ3) is 38.2. The van der Waals surface area contributed by atoms with Crippen molar-refractivity contribution in [1.82, 2.24) is 9.80 Å². The van der Waals surface area contributed by atoms with E-state index in [1.807, 2.05) is 0 Å². The summed E-state index contributed by atoms with van der Waals surface area (Å²) in [4.78, 5) is 30.3. The van der Waals surface area contributed by atoms with Gasteiger partial charge in [0.05, 0.1) is 12.7 Å². The molecule has 0 radical (unpaired) electrons. The van der Waals surface area contributed by atoms with E-state index in [9.17, 15) is 14.7 Å².